The van der Waals surface area contributed by atoms with Crippen LogP contribution < -0.4 is 5.32 Å². The van der Waals surface area contributed by atoms with Gasteiger partial charge in [-0.2, -0.15) is 0 Å². The van der Waals surface area contributed by atoms with Crippen molar-refractivity contribution in [3.05, 3.63) is 0 Å². The van der Waals surface area contributed by atoms with Crippen LogP contribution in [0, 0.1) is 17.8 Å². The van der Waals surface area contributed by atoms with Gasteiger partial charge in [-0.15, -0.1) is 0 Å². The number of aliphatic hydroxyl groups is 1. The molecule has 0 aromatic carbocycles. The van der Waals surface area contributed by atoms with E-state index >= 15 is 0 Å². The van der Waals surface area contributed by atoms with Crippen LogP contribution in [0.4, 0.5) is 0 Å². The molecule has 0 aliphatic heterocycles. The topological polar surface area (TPSA) is 86.6 Å². The first-order chi connectivity index (χ1) is 7.61. The first-order valence-electron chi connectivity index (χ1n) is 5.76. The standard InChI is InChI=1S/C11H17NO4/c13-5-9(11(15)16)12-10(14)8-4-6-1-2-7(8)3-6/h6-9,13H,1-5H2,(H,12,14)(H,15,16). The summed E-state index contributed by atoms with van der Waals surface area (Å²) in [5, 5.41) is 20.0. The van der Waals surface area contributed by atoms with E-state index in [4.69, 9.17) is 10.2 Å². The second kappa shape index (κ2) is 4.41. The number of carbonyl (C=O) groups is 2. The summed E-state index contributed by atoms with van der Waals surface area (Å²) < 4.78 is 0. The fourth-order valence-corrected chi connectivity index (χ4v) is 3.03. The minimum Gasteiger partial charge on any atom is -0.480 e. The van der Waals surface area contributed by atoms with Gasteiger partial charge in [0.25, 0.3) is 0 Å². The number of carboxylic acids is 1. The maximum absolute atomic E-state index is 11.8. The third-order valence-corrected chi connectivity index (χ3v) is 3.87. The predicted octanol–water partition coefficient (Wildman–Crippen LogP) is -0.0157. The summed E-state index contributed by atoms with van der Waals surface area (Å²) in [4.78, 5) is 22.5. The summed E-state index contributed by atoms with van der Waals surface area (Å²) in [5.41, 5.74) is 0. The van der Waals surface area contributed by atoms with E-state index < -0.39 is 18.6 Å². The lowest BCUT2D eigenvalue weighted by molar-refractivity contribution is -0.143. The number of hydrogen-bond acceptors (Lipinski definition) is 3. The van der Waals surface area contributed by atoms with Crippen molar-refractivity contribution in [2.75, 3.05) is 6.61 Å². The summed E-state index contributed by atoms with van der Waals surface area (Å²) in [6, 6.07) is -1.16. The van der Waals surface area contributed by atoms with E-state index in [9.17, 15) is 9.59 Å². The van der Waals surface area contributed by atoms with E-state index in [1.165, 1.54) is 6.42 Å². The third-order valence-electron chi connectivity index (χ3n) is 3.87. The van der Waals surface area contributed by atoms with Crippen LogP contribution in [0.1, 0.15) is 25.7 Å². The highest BCUT2D eigenvalue weighted by Gasteiger charge is 2.43. The molecular weight excluding hydrogens is 210 g/mol. The lowest BCUT2D eigenvalue weighted by atomic mass is 9.88. The smallest absolute Gasteiger partial charge is 0.328 e. The number of hydrogen-bond donors (Lipinski definition) is 3. The number of aliphatic hydroxyl groups excluding tert-OH is 1. The first kappa shape index (κ1) is 11.4. The van der Waals surface area contributed by atoms with Crippen LogP contribution in [-0.2, 0) is 9.59 Å². The number of rotatable bonds is 4. The Kier molecular flexibility index (Phi) is 3.14. The summed E-state index contributed by atoms with van der Waals surface area (Å²) in [6.07, 6.45) is 4.28. The van der Waals surface area contributed by atoms with Gasteiger partial charge in [0.15, 0.2) is 0 Å². The third kappa shape index (κ3) is 2.04. The molecule has 5 heteroatoms. The minimum absolute atomic E-state index is 0.0350. The SMILES string of the molecule is O=C(O)C(CO)NC(=O)C1CC2CCC1C2. The zero-order chi connectivity index (χ0) is 11.7. The Morgan fingerprint density at radius 2 is 2.06 bits per heavy atom. The van der Waals surface area contributed by atoms with Crippen LogP contribution in [0.3, 0.4) is 0 Å². The normalized spacial score (nSPS) is 33.7. The molecule has 0 aromatic heterocycles. The molecule has 0 saturated heterocycles. The molecule has 0 aromatic rings. The largest absolute Gasteiger partial charge is 0.480 e. The Morgan fingerprint density at radius 1 is 1.31 bits per heavy atom. The van der Waals surface area contributed by atoms with E-state index in [1.807, 2.05) is 0 Å². The van der Waals surface area contributed by atoms with Gasteiger partial charge in [0.05, 0.1) is 6.61 Å². The fourth-order valence-electron chi connectivity index (χ4n) is 3.03. The Hall–Kier alpha value is -1.10. The lowest BCUT2D eigenvalue weighted by Gasteiger charge is -2.22. The summed E-state index contributed by atoms with van der Waals surface area (Å²) in [7, 11) is 0. The molecule has 2 rings (SSSR count). The molecule has 1 amide bonds. The van der Waals surface area contributed by atoms with Gasteiger partial charge < -0.3 is 15.5 Å². The van der Waals surface area contributed by atoms with Crippen LogP contribution in [0.5, 0.6) is 0 Å². The summed E-state index contributed by atoms with van der Waals surface area (Å²) in [6.45, 7) is -0.554. The Labute approximate surface area is 93.8 Å². The fraction of sp³-hybridized carbons (Fsp3) is 0.818. The van der Waals surface area contributed by atoms with E-state index in [0.717, 1.165) is 19.3 Å². The summed E-state index contributed by atoms with van der Waals surface area (Å²) in [5.74, 6) is -0.337. The van der Waals surface area contributed by atoms with E-state index in [2.05, 4.69) is 5.32 Å². The van der Waals surface area contributed by atoms with Gasteiger partial charge in [-0.3, -0.25) is 4.79 Å². The van der Waals surface area contributed by atoms with Gasteiger partial charge in [0.1, 0.15) is 6.04 Å². The van der Waals surface area contributed by atoms with Crippen LogP contribution in [0.15, 0.2) is 0 Å². The van der Waals surface area contributed by atoms with Crippen LogP contribution in [0.25, 0.3) is 0 Å². The van der Waals surface area contributed by atoms with Crippen molar-refractivity contribution in [3.8, 4) is 0 Å². The van der Waals surface area contributed by atoms with Crippen molar-refractivity contribution in [1.29, 1.82) is 0 Å². The van der Waals surface area contributed by atoms with E-state index in [-0.39, 0.29) is 11.8 Å². The highest BCUT2D eigenvalue weighted by molar-refractivity contribution is 5.85. The van der Waals surface area contributed by atoms with Gasteiger partial charge in [0, 0.05) is 5.92 Å². The van der Waals surface area contributed by atoms with Crippen molar-refractivity contribution in [2.24, 2.45) is 17.8 Å². The molecule has 90 valence electrons. The average Bonchev–Trinajstić information content (AvgIpc) is 2.86. The second-order valence-electron chi connectivity index (χ2n) is 4.86. The van der Waals surface area contributed by atoms with Crippen molar-refractivity contribution >= 4 is 11.9 Å². The zero-order valence-corrected chi connectivity index (χ0v) is 9.06. The van der Waals surface area contributed by atoms with Crippen LogP contribution >= 0.6 is 0 Å². The minimum atomic E-state index is -1.18. The van der Waals surface area contributed by atoms with Gasteiger partial charge in [-0.25, -0.2) is 4.79 Å². The van der Waals surface area contributed by atoms with Crippen molar-refractivity contribution in [2.45, 2.75) is 31.7 Å². The van der Waals surface area contributed by atoms with Gasteiger partial charge in [-0.05, 0) is 31.1 Å². The van der Waals surface area contributed by atoms with Crippen molar-refractivity contribution in [1.82, 2.24) is 5.32 Å². The highest BCUT2D eigenvalue weighted by atomic mass is 16.4. The molecule has 2 aliphatic carbocycles. The highest BCUT2D eigenvalue weighted by Crippen LogP contribution is 2.48. The molecule has 2 saturated carbocycles. The monoisotopic (exact) mass is 227 g/mol. The first-order valence-corrected chi connectivity index (χ1v) is 5.76. The zero-order valence-electron chi connectivity index (χ0n) is 9.06. The predicted molar refractivity (Wildman–Crippen MR) is 55.6 cm³/mol. The molecule has 2 aliphatic rings. The maximum Gasteiger partial charge on any atom is 0.328 e. The number of nitrogens with one attached hydrogen (secondary N) is 1. The quantitative estimate of drug-likeness (QED) is 0.630. The molecule has 0 radical (unpaired) electrons. The molecule has 2 fully saturated rings. The molecule has 2 bridgehead atoms. The molecule has 0 spiro atoms. The molecule has 3 N–H and O–H groups in total. The Balaban J connectivity index is 1.90. The van der Waals surface area contributed by atoms with Crippen LogP contribution in [-0.4, -0.2) is 34.7 Å². The molecule has 16 heavy (non-hydrogen) atoms. The van der Waals surface area contributed by atoms with Crippen LogP contribution in [0.2, 0.25) is 0 Å². The number of fused-ring (bicyclic) bond motifs is 2. The summed E-state index contributed by atoms with van der Waals surface area (Å²) >= 11 is 0. The Morgan fingerprint density at radius 3 is 2.50 bits per heavy atom. The maximum atomic E-state index is 11.8. The number of amides is 1. The number of carboxylic acid groups (broad SMARTS) is 1. The van der Waals surface area contributed by atoms with Crippen molar-refractivity contribution < 1.29 is 19.8 Å². The molecule has 0 heterocycles. The average molecular weight is 227 g/mol. The van der Waals surface area contributed by atoms with E-state index in [0.29, 0.717) is 11.8 Å². The molecular formula is C11H17NO4. The second-order valence-corrected chi connectivity index (χ2v) is 4.86. The lowest BCUT2D eigenvalue weighted by Crippen LogP contribution is -2.46. The molecule has 4 atom stereocenters. The van der Waals surface area contributed by atoms with Crippen molar-refractivity contribution in [3.63, 3.8) is 0 Å². The number of carbonyl (C=O) groups excluding carboxylic acids is 1. The van der Waals surface area contributed by atoms with Gasteiger partial charge in [0.2, 0.25) is 5.91 Å². The molecule has 5 nitrogen and oxygen atoms in total. The Bertz CT molecular complexity index is 304. The number of aliphatic carboxylic acids is 1. The van der Waals surface area contributed by atoms with E-state index in [1.54, 1.807) is 0 Å². The van der Waals surface area contributed by atoms with Gasteiger partial charge >= 0.3 is 5.97 Å². The van der Waals surface area contributed by atoms with Gasteiger partial charge in [-0.1, -0.05) is 6.42 Å². The molecule has 4 unspecified atom stereocenters.